The van der Waals surface area contributed by atoms with Gasteiger partial charge in [0.15, 0.2) is 0 Å². The van der Waals surface area contributed by atoms with E-state index in [0.717, 1.165) is 34.6 Å². The van der Waals surface area contributed by atoms with E-state index in [2.05, 4.69) is 18.2 Å². The molecule has 2 aliphatic rings. The first kappa shape index (κ1) is 18.3. The standard InChI is InChI=1S/C23H18Cl2N2O2/c1-28-22-17(11-15(24)12-18(22)25)23-27-20(16-9-5-6-10-21(16)29-23)13-19(26-27)14-7-3-2-4-8-14/h2-12,20,23H,13H2,1H3/t20-,23-/m0/s1. The molecule has 0 aromatic heterocycles. The van der Waals surface area contributed by atoms with Crippen molar-refractivity contribution in [1.82, 2.24) is 5.01 Å². The number of ether oxygens (including phenoxy) is 2. The Balaban J connectivity index is 1.66. The monoisotopic (exact) mass is 424 g/mol. The van der Waals surface area contributed by atoms with E-state index < -0.39 is 6.23 Å². The van der Waals surface area contributed by atoms with Gasteiger partial charge in [-0.15, -0.1) is 0 Å². The molecular weight excluding hydrogens is 407 g/mol. The van der Waals surface area contributed by atoms with E-state index in [0.29, 0.717) is 15.8 Å². The molecule has 29 heavy (non-hydrogen) atoms. The lowest BCUT2D eigenvalue weighted by molar-refractivity contribution is -0.0203. The molecule has 3 aromatic rings. The highest BCUT2D eigenvalue weighted by Crippen LogP contribution is 2.50. The molecule has 146 valence electrons. The predicted molar refractivity (Wildman–Crippen MR) is 115 cm³/mol. The van der Waals surface area contributed by atoms with Crippen molar-refractivity contribution in [2.24, 2.45) is 5.10 Å². The largest absolute Gasteiger partial charge is 0.495 e. The van der Waals surface area contributed by atoms with Gasteiger partial charge in [-0.05, 0) is 23.8 Å². The number of halogens is 2. The number of hydrogen-bond acceptors (Lipinski definition) is 4. The van der Waals surface area contributed by atoms with Gasteiger partial charge in [0, 0.05) is 17.0 Å². The van der Waals surface area contributed by atoms with Gasteiger partial charge in [0.2, 0.25) is 6.23 Å². The van der Waals surface area contributed by atoms with Crippen molar-refractivity contribution >= 4 is 28.9 Å². The fourth-order valence-corrected chi connectivity index (χ4v) is 4.61. The van der Waals surface area contributed by atoms with Crippen molar-refractivity contribution < 1.29 is 9.47 Å². The van der Waals surface area contributed by atoms with Gasteiger partial charge in [0.25, 0.3) is 0 Å². The number of rotatable bonds is 3. The van der Waals surface area contributed by atoms with Crippen molar-refractivity contribution in [3.8, 4) is 11.5 Å². The van der Waals surface area contributed by atoms with Crippen LogP contribution in [-0.2, 0) is 0 Å². The Morgan fingerprint density at radius 3 is 2.55 bits per heavy atom. The third-order valence-corrected chi connectivity index (χ3v) is 5.81. The molecular formula is C23H18Cl2N2O2. The van der Waals surface area contributed by atoms with Gasteiger partial charge in [-0.25, -0.2) is 5.01 Å². The summed E-state index contributed by atoms with van der Waals surface area (Å²) < 4.78 is 12.0. The van der Waals surface area contributed by atoms with Crippen LogP contribution in [0, 0.1) is 0 Å². The minimum atomic E-state index is -0.498. The SMILES string of the molecule is COc1c(Cl)cc(Cl)cc1[C@@H]1Oc2ccccc2[C@@H]2CC(c3ccccc3)=NN21. The minimum Gasteiger partial charge on any atom is -0.495 e. The number of hydrogen-bond donors (Lipinski definition) is 0. The quantitative estimate of drug-likeness (QED) is 0.498. The van der Waals surface area contributed by atoms with Gasteiger partial charge in [-0.2, -0.15) is 5.10 Å². The third-order valence-electron chi connectivity index (χ3n) is 5.31. The second kappa shape index (κ2) is 7.29. The summed E-state index contributed by atoms with van der Waals surface area (Å²) in [6, 6.07) is 21.8. The first-order valence-corrected chi connectivity index (χ1v) is 10.1. The Kier molecular flexibility index (Phi) is 4.61. The topological polar surface area (TPSA) is 34.1 Å². The number of benzene rings is 3. The first-order chi connectivity index (χ1) is 14.2. The highest BCUT2D eigenvalue weighted by Gasteiger charge is 2.42. The average molecular weight is 425 g/mol. The summed E-state index contributed by atoms with van der Waals surface area (Å²) in [5, 5.41) is 7.92. The van der Waals surface area contributed by atoms with Crippen LogP contribution in [0.2, 0.25) is 10.0 Å². The molecule has 0 spiro atoms. The Morgan fingerprint density at radius 2 is 1.76 bits per heavy atom. The Bertz CT molecular complexity index is 1100. The van der Waals surface area contributed by atoms with Crippen LogP contribution in [0.5, 0.6) is 11.5 Å². The molecule has 0 radical (unpaired) electrons. The Labute approximate surface area is 179 Å². The summed E-state index contributed by atoms with van der Waals surface area (Å²) in [6.07, 6.45) is 0.291. The average Bonchev–Trinajstić information content (AvgIpc) is 3.19. The third kappa shape index (κ3) is 3.13. The molecule has 0 amide bonds. The van der Waals surface area contributed by atoms with Crippen molar-refractivity contribution in [2.75, 3.05) is 7.11 Å². The maximum atomic E-state index is 6.40. The van der Waals surface area contributed by atoms with Crippen molar-refractivity contribution in [3.05, 3.63) is 93.5 Å². The highest BCUT2D eigenvalue weighted by atomic mass is 35.5. The van der Waals surface area contributed by atoms with Crippen LogP contribution in [0.3, 0.4) is 0 Å². The van der Waals surface area contributed by atoms with E-state index in [1.54, 1.807) is 13.2 Å². The van der Waals surface area contributed by atoms with Gasteiger partial charge in [0.05, 0.1) is 29.4 Å². The summed E-state index contributed by atoms with van der Waals surface area (Å²) in [5.41, 5.74) is 4.00. The summed E-state index contributed by atoms with van der Waals surface area (Å²) in [7, 11) is 1.59. The number of para-hydroxylation sites is 1. The van der Waals surface area contributed by atoms with E-state index in [1.807, 2.05) is 47.5 Å². The van der Waals surface area contributed by atoms with Crippen LogP contribution in [-0.4, -0.2) is 17.8 Å². The maximum absolute atomic E-state index is 6.40. The molecule has 4 nitrogen and oxygen atoms in total. The van der Waals surface area contributed by atoms with Gasteiger partial charge >= 0.3 is 0 Å². The van der Waals surface area contributed by atoms with E-state index in [4.69, 9.17) is 37.8 Å². The number of fused-ring (bicyclic) bond motifs is 3. The zero-order chi connectivity index (χ0) is 20.0. The lowest BCUT2D eigenvalue weighted by Gasteiger charge is -2.38. The van der Waals surface area contributed by atoms with Gasteiger partial charge in [0.1, 0.15) is 11.5 Å². The predicted octanol–water partition coefficient (Wildman–Crippen LogP) is 6.24. The van der Waals surface area contributed by atoms with Gasteiger partial charge in [-0.3, -0.25) is 0 Å². The fourth-order valence-electron chi connectivity index (χ4n) is 4.02. The van der Waals surface area contributed by atoms with E-state index in [1.165, 1.54) is 0 Å². The normalized spacial score (nSPS) is 19.8. The molecule has 5 rings (SSSR count). The second-order valence-corrected chi connectivity index (χ2v) is 7.87. The van der Waals surface area contributed by atoms with Crippen LogP contribution in [0.4, 0.5) is 0 Å². The van der Waals surface area contributed by atoms with E-state index in [9.17, 15) is 0 Å². The Hall–Kier alpha value is -2.69. The lowest BCUT2D eigenvalue weighted by atomic mass is 9.96. The second-order valence-electron chi connectivity index (χ2n) is 7.03. The summed E-state index contributed by atoms with van der Waals surface area (Å²) in [4.78, 5) is 0. The first-order valence-electron chi connectivity index (χ1n) is 9.35. The van der Waals surface area contributed by atoms with Gasteiger partial charge in [-0.1, -0.05) is 71.7 Å². The molecule has 0 fully saturated rings. The van der Waals surface area contributed by atoms with E-state index in [-0.39, 0.29) is 6.04 Å². The number of hydrazone groups is 1. The smallest absolute Gasteiger partial charge is 0.217 e. The van der Waals surface area contributed by atoms with Crippen LogP contribution >= 0.6 is 23.2 Å². The molecule has 0 N–H and O–H groups in total. The molecule has 0 saturated heterocycles. The molecule has 2 aliphatic heterocycles. The lowest BCUT2D eigenvalue weighted by Crippen LogP contribution is -2.34. The summed E-state index contributed by atoms with van der Waals surface area (Å²) in [6.45, 7) is 0. The molecule has 0 aliphatic carbocycles. The molecule has 0 saturated carbocycles. The maximum Gasteiger partial charge on any atom is 0.217 e. The Morgan fingerprint density at radius 1 is 1.00 bits per heavy atom. The zero-order valence-electron chi connectivity index (χ0n) is 15.7. The van der Waals surface area contributed by atoms with Crippen LogP contribution < -0.4 is 9.47 Å². The summed E-state index contributed by atoms with van der Waals surface area (Å²) in [5.74, 6) is 1.38. The van der Waals surface area contributed by atoms with Crippen LogP contribution in [0.1, 0.15) is 35.4 Å². The molecule has 0 bridgehead atoms. The fraction of sp³-hybridized carbons (Fsp3) is 0.174. The van der Waals surface area contributed by atoms with Crippen molar-refractivity contribution in [3.63, 3.8) is 0 Å². The number of methoxy groups -OCH3 is 1. The molecule has 6 heteroatoms. The zero-order valence-corrected chi connectivity index (χ0v) is 17.2. The minimum absolute atomic E-state index is 0.0580. The highest BCUT2D eigenvalue weighted by molar-refractivity contribution is 6.35. The van der Waals surface area contributed by atoms with Gasteiger partial charge < -0.3 is 9.47 Å². The molecule has 0 unspecified atom stereocenters. The number of nitrogens with zero attached hydrogens (tertiary/aromatic N) is 2. The summed E-state index contributed by atoms with van der Waals surface area (Å²) >= 11 is 12.7. The van der Waals surface area contributed by atoms with Crippen LogP contribution in [0.15, 0.2) is 71.8 Å². The van der Waals surface area contributed by atoms with Crippen molar-refractivity contribution in [1.29, 1.82) is 0 Å². The molecule has 3 aromatic carbocycles. The van der Waals surface area contributed by atoms with Crippen LogP contribution in [0.25, 0.3) is 0 Å². The molecule has 2 heterocycles. The van der Waals surface area contributed by atoms with E-state index >= 15 is 0 Å². The van der Waals surface area contributed by atoms with Crippen molar-refractivity contribution in [2.45, 2.75) is 18.7 Å². The molecule has 2 atom stereocenters.